The zero-order chi connectivity index (χ0) is 15.4. The van der Waals surface area contributed by atoms with Crippen molar-refractivity contribution in [2.24, 2.45) is 0 Å². The van der Waals surface area contributed by atoms with Gasteiger partial charge < -0.3 is 10.2 Å². The lowest BCUT2D eigenvalue weighted by Crippen LogP contribution is -2.20. The predicted molar refractivity (Wildman–Crippen MR) is 82.2 cm³/mol. The lowest BCUT2D eigenvalue weighted by Gasteiger charge is -2.16. The number of nitrogens with zero attached hydrogens (tertiary/aromatic N) is 3. The maximum atomic E-state index is 13.5. The molecule has 0 atom stereocenters. The van der Waals surface area contributed by atoms with Crippen molar-refractivity contribution in [1.82, 2.24) is 9.97 Å². The van der Waals surface area contributed by atoms with Crippen LogP contribution in [0.25, 0.3) is 0 Å². The van der Waals surface area contributed by atoms with Gasteiger partial charge in [-0.15, -0.1) is 0 Å². The molecule has 0 unspecified atom stereocenters. The van der Waals surface area contributed by atoms with E-state index in [1.54, 1.807) is 24.3 Å². The van der Waals surface area contributed by atoms with Gasteiger partial charge in [-0.25, -0.2) is 14.4 Å². The summed E-state index contributed by atoms with van der Waals surface area (Å²) in [5, 5.41) is 2.70. The number of anilines is 2. The number of benzene rings is 1. The van der Waals surface area contributed by atoms with Gasteiger partial charge in [0.1, 0.15) is 23.8 Å². The minimum atomic E-state index is -0.377. The number of hydrogen-bond donors (Lipinski definition) is 1. The van der Waals surface area contributed by atoms with Gasteiger partial charge in [0.25, 0.3) is 0 Å². The minimum Gasteiger partial charge on any atom is -0.356 e. The molecule has 0 bridgehead atoms. The summed E-state index contributed by atoms with van der Waals surface area (Å²) in [6, 6.07) is 8.01. The van der Waals surface area contributed by atoms with Crippen LogP contribution in [0.3, 0.4) is 0 Å². The SMILES string of the molecule is O=C(Cc1ccccc1F)Nc1cc(N2CCCC2)ncn1. The Morgan fingerprint density at radius 2 is 2.00 bits per heavy atom. The number of halogens is 1. The highest BCUT2D eigenvalue weighted by Crippen LogP contribution is 2.19. The number of carbonyl (C=O) groups excluding carboxylic acids is 1. The van der Waals surface area contributed by atoms with Gasteiger partial charge >= 0.3 is 0 Å². The van der Waals surface area contributed by atoms with Crippen LogP contribution in [0, 0.1) is 5.82 Å². The molecule has 0 spiro atoms. The van der Waals surface area contributed by atoms with Crippen molar-refractivity contribution in [3.05, 3.63) is 48.0 Å². The van der Waals surface area contributed by atoms with Gasteiger partial charge in [0.15, 0.2) is 0 Å². The fourth-order valence-corrected chi connectivity index (χ4v) is 2.54. The van der Waals surface area contributed by atoms with Gasteiger partial charge in [0.2, 0.25) is 5.91 Å². The number of aromatic nitrogens is 2. The molecule has 1 amide bonds. The van der Waals surface area contributed by atoms with Gasteiger partial charge in [-0.1, -0.05) is 18.2 Å². The molecule has 2 heterocycles. The second-order valence-electron chi connectivity index (χ2n) is 5.27. The molecule has 5 nitrogen and oxygen atoms in total. The molecule has 0 radical (unpaired) electrons. The Morgan fingerprint density at radius 1 is 1.23 bits per heavy atom. The van der Waals surface area contributed by atoms with Gasteiger partial charge in [0, 0.05) is 19.2 Å². The topological polar surface area (TPSA) is 58.1 Å². The molecule has 1 saturated heterocycles. The van der Waals surface area contributed by atoms with E-state index in [4.69, 9.17) is 0 Å². The monoisotopic (exact) mass is 300 g/mol. The molecule has 114 valence electrons. The van der Waals surface area contributed by atoms with E-state index in [1.807, 2.05) is 0 Å². The Balaban J connectivity index is 1.66. The number of hydrogen-bond acceptors (Lipinski definition) is 4. The molecule has 1 aliphatic heterocycles. The first-order chi connectivity index (χ1) is 10.7. The van der Waals surface area contributed by atoms with Gasteiger partial charge in [-0.05, 0) is 24.5 Å². The zero-order valence-electron chi connectivity index (χ0n) is 12.1. The van der Waals surface area contributed by atoms with Crippen molar-refractivity contribution >= 4 is 17.5 Å². The summed E-state index contributed by atoms with van der Waals surface area (Å²) < 4.78 is 13.5. The smallest absolute Gasteiger partial charge is 0.230 e. The van der Waals surface area contributed by atoms with E-state index in [0.717, 1.165) is 31.7 Å². The highest BCUT2D eigenvalue weighted by atomic mass is 19.1. The van der Waals surface area contributed by atoms with Crippen molar-refractivity contribution < 1.29 is 9.18 Å². The third kappa shape index (κ3) is 3.39. The average Bonchev–Trinajstić information content (AvgIpc) is 3.04. The molecular formula is C16H17FN4O. The lowest BCUT2D eigenvalue weighted by atomic mass is 10.1. The Kier molecular flexibility index (Phi) is 4.27. The molecule has 2 aromatic rings. The standard InChI is InChI=1S/C16H17FN4O/c17-13-6-2-1-5-12(13)9-16(22)20-14-10-15(19-11-18-14)21-7-3-4-8-21/h1-2,5-6,10-11H,3-4,7-9H2,(H,18,19,20,22). The maximum absolute atomic E-state index is 13.5. The summed E-state index contributed by atoms with van der Waals surface area (Å²) in [5.41, 5.74) is 0.369. The van der Waals surface area contributed by atoms with E-state index in [-0.39, 0.29) is 18.1 Å². The first-order valence-electron chi connectivity index (χ1n) is 7.32. The first kappa shape index (κ1) is 14.4. The van der Waals surface area contributed by atoms with Crippen LogP contribution >= 0.6 is 0 Å². The van der Waals surface area contributed by atoms with Gasteiger partial charge in [-0.2, -0.15) is 0 Å². The third-order valence-corrected chi connectivity index (χ3v) is 3.66. The normalized spacial score (nSPS) is 14.1. The van der Waals surface area contributed by atoms with Crippen molar-refractivity contribution in [2.45, 2.75) is 19.3 Å². The molecule has 1 aromatic heterocycles. The number of carbonyl (C=O) groups is 1. The number of amides is 1. The quantitative estimate of drug-likeness (QED) is 0.942. The molecule has 1 N–H and O–H groups in total. The molecule has 0 aliphatic carbocycles. The van der Waals surface area contributed by atoms with Crippen molar-refractivity contribution in [3.8, 4) is 0 Å². The summed E-state index contributed by atoms with van der Waals surface area (Å²) in [6.45, 7) is 1.94. The molecule has 1 aliphatic rings. The third-order valence-electron chi connectivity index (χ3n) is 3.66. The number of nitrogens with one attached hydrogen (secondary N) is 1. The molecule has 1 aromatic carbocycles. The molecule has 0 saturated carbocycles. The van der Waals surface area contributed by atoms with Crippen LogP contribution in [0.4, 0.5) is 16.0 Å². The summed E-state index contributed by atoms with van der Waals surface area (Å²) in [6.07, 6.45) is 3.72. The van der Waals surface area contributed by atoms with Gasteiger partial charge in [0.05, 0.1) is 6.42 Å². The average molecular weight is 300 g/mol. The lowest BCUT2D eigenvalue weighted by molar-refractivity contribution is -0.115. The number of rotatable bonds is 4. The van der Waals surface area contributed by atoms with Crippen LogP contribution in [0.15, 0.2) is 36.7 Å². The fraction of sp³-hybridized carbons (Fsp3) is 0.312. The highest BCUT2D eigenvalue weighted by molar-refractivity contribution is 5.91. The molecule has 3 rings (SSSR count). The predicted octanol–water partition coefficient (Wildman–Crippen LogP) is 2.40. The van der Waals surface area contributed by atoms with E-state index in [0.29, 0.717) is 11.4 Å². The molecule has 1 fully saturated rings. The zero-order valence-corrected chi connectivity index (χ0v) is 12.1. The van der Waals surface area contributed by atoms with Crippen LogP contribution in [0.2, 0.25) is 0 Å². The Hall–Kier alpha value is -2.50. The highest BCUT2D eigenvalue weighted by Gasteiger charge is 2.15. The first-order valence-corrected chi connectivity index (χ1v) is 7.32. The van der Waals surface area contributed by atoms with E-state index in [2.05, 4.69) is 20.2 Å². The molecule has 22 heavy (non-hydrogen) atoms. The summed E-state index contributed by atoms with van der Waals surface area (Å²) in [7, 11) is 0. The second-order valence-corrected chi connectivity index (χ2v) is 5.27. The summed E-state index contributed by atoms with van der Waals surface area (Å²) in [5.74, 6) is 0.584. The van der Waals surface area contributed by atoms with E-state index in [9.17, 15) is 9.18 Å². The fourth-order valence-electron chi connectivity index (χ4n) is 2.54. The summed E-state index contributed by atoms with van der Waals surface area (Å²) in [4.78, 5) is 22.5. The van der Waals surface area contributed by atoms with E-state index >= 15 is 0 Å². The second kappa shape index (κ2) is 6.51. The largest absolute Gasteiger partial charge is 0.356 e. The van der Waals surface area contributed by atoms with Crippen LogP contribution in [-0.2, 0) is 11.2 Å². The van der Waals surface area contributed by atoms with Crippen molar-refractivity contribution in [3.63, 3.8) is 0 Å². The Labute approximate surface area is 128 Å². The van der Waals surface area contributed by atoms with Crippen molar-refractivity contribution in [1.29, 1.82) is 0 Å². The maximum Gasteiger partial charge on any atom is 0.230 e. The van der Waals surface area contributed by atoms with E-state index in [1.165, 1.54) is 12.4 Å². The summed E-state index contributed by atoms with van der Waals surface area (Å²) >= 11 is 0. The van der Waals surface area contributed by atoms with Crippen LogP contribution < -0.4 is 10.2 Å². The van der Waals surface area contributed by atoms with Crippen LogP contribution in [0.5, 0.6) is 0 Å². The van der Waals surface area contributed by atoms with Crippen LogP contribution in [-0.4, -0.2) is 29.0 Å². The Bertz CT molecular complexity index is 671. The van der Waals surface area contributed by atoms with Crippen molar-refractivity contribution in [2.75, 3.05) is 23.3 Å². The van der Waals surface area contributed by atoms with E-state index < -0.39 is 0 Å². The molecular weight excluding hydrogens is 283 g/mol. The Morgan fingerprint density at radius 3 is 2.77 bits per heavy atom. The van der Waals surface area contributed by atoms with Gasteiger partial charge in [-0.3, -0.25) is 4.79 Å². The minimum absolute atomic E-state index is 0.0181. The van der Waals surface area contributed by atoms with Crippen LogP contribution in [0.1, 0.15) is 18.4 Å². The molecule has 6 heteroatoms.